The highest BCUT2D eigenvalue weighted by molar-refractivity contribution is 5.43. The summed E-state index contributed by atoms with van der Waals surface area (Å²) < 4.78 is 14.6. The second kappa shape index (κ2) is 4.44. The van der Waals surface area contributed by atoms with Crippen molar-refractivity contribution in [1.82, 2.24) is 14.4 Å². The molecular formula is C13H11FN4. The van der Waals surface area contributed by atoms with Crippen molar-refractivity contribution in [2.45, 2.75) is 6.54 Å². The largest absolute Gasteiger partial charge is 0.379 e. The molecule has 0 aliphatic rings. The highest BCUT2D eigenvalue weighted by atomic mass is 19.1. The third kappa shape index (κ3) is 2.15. The second-order valence-electron chi connectivity index (χ2n) is 3.92. The number of imidazole rings is 1. The normalized spacial score (nSPS) is 10.7. The number of nitrogens with one attached hydrogen (secondary N) is 1. The minimum Gasteiger partial charge on any atom is -0.379 e. The number of nitrogens with zero attached hydrogens (tertiary/aromatic N) is 3. The van der Waals surface area contributed by atoms with E-state index in [-0.39, 0.29) is 5.82 Å². The predicted molar refractivity (Wildman–Crippen MR) is 66.7 cm³/mol. The molecule has 0 fully saturated rings. The van der Waals surface area contributed by atoms with Gasteiger partial charge < -0.3 is 5.32 Å². The van der Waals surface area contributed by atoms with Gasteiger partial charge >= 0.3 is 0 Å². The van der Waals surface area contributed by atoms with Crippen molar-refractivity contribution in [3.63, 3.8) is 0 Å². The molecule has 2 heterocycles. The zero-order chi connectivity index (χ0) is 12.4. The van der Waals surface area contributed by atoms with Crippen molar-refractivity contribution < 1.29 is 4.39 Å². The molecule has 0 atom stereocenters. The highest BCUT2D eigenvalue weighted by Gasteiger charge is 2.01. The lowest BCUT2D eigenvalue weighted by atomic mass is 10.3. The van der Waals surface area contributed by atoms with Gasteiger partial charge in [-0.05, 0) is 30.3 Å². The molecule has 3 rings (SSSR count). The molecular weight excluding hydrogens is 231 g/mol. The average Bonchev–Trinajstić information content (AvgIpc) is 2.81. The number of benzene rings is 1. The van der Waals surface area contributed by atoms with Crippen LogP contribution in [0.4, 0.5) is 10.1 Å². The fourth-order valence-electron chi connectivity index (χ4n) is 1.73. The molecule has 2 aromatic heterocycles. The van der Waals surface area contributed by atoms with Crippen molar-refractivity contribution in [3.05, 3.63) is 60.4 Å². The summed E-state index contributed by atoms with van der Waals surface area (Å²) in [4.78, 5) is 8.50. The maximum absolute atomic E-state index is 12.7. The maximum Gasteiger partial charge on any atom is 0.233 e. The molecule has 0 radical (unpaired) electrons. The summed E-state index contributed by atoms with van der Waals surface area (Å²) >= 11 is 0. The summed E-state index contributed by atoms with van der Waals surface area (Å²) in [5.41, 5.74) is 1.75. The number of rotatable bonds is 3. The predicted octanol–water partition coefficient (Wildman–Crippen LogP) is 2.48. The van der Waals surface area contributed by atoms with Gasteiger partial charge in [0.05, 0.1) is 12.2 Å². The van der Waals surface area contributed by atoms with E-state index in [0.29, 0.717) is 12.3 Å². The molecule has 1 aromatic carbocycles. The van der Waals surface area contributed by atoms with E-state index in [1.165, 1.54) is 12.1 Å². The fourth-order valence-corrected chi connectivity index (χ4v) is 1.73. The topological polar surface area (TPSA) is 42.2 Å². The van der Waals surface area contributed by atoms with Gasteiger partial charge in [0.25, 0.3) is 0 Å². The molecule has 0 bridgehead atoms. The summed E-state index contributed by atoms with van der Waals surface area (Å²) in [5, 5.41) is 3.18. The zero-order valence-electron chi connectivity index (χ0n) is 9.55. The highest BCUT2D eigenvalue weighted by Crippen LogP contribution is 2.10. The Morgan fingerprint density at radius 3 is 2.83 bits per heavy atom. The number of halogens is 1. The van der Waals surface area contributed by atoms with Crippen LogP contribution in [0.5, 0.6) is 0 Å². The first-order valence-electron chi connectivity index (χ1n) is 5.59. The smallest absolute Gasteiger partial charge is 0.233 e. The zero-order valence-corrected chi connectivity index (χ0v) is 9.55. The summed E-state index contributed by atoms with van der Waals surface area (Å²) in [5.74, 6) is 0.436. The van der Waals surface area contributed by atoms with Gasteiger partial charge in [-0.15, -0.1) is 0 Å². The van der Waals surface area contributed by atoms with Crippen LogP contribution in [0.3, 0.4) is 0 Å². The van der Waals surface area contributed by atoms with E-state index in [2.05, 4.69) is 15.3 Å². The van der Waals surface area contributed by atoms with Crippen molar-refractivity contribution in [2.24, 2.45) is 0 Å². The van der Waals surface area contributed by atoms with Crippen LogP contribution in [0.25, 0.3) is 5.78 Å². The number of hydrogen-bond donors (Lipinski definition) is 1. The molecule has 4 nitrogen and oxygen atoms in total. The standard InChI is InChI=1S/C13H11FN4/c14-10-2-4-11(5-3-10)16-8-12-9-18-7-1-6-15-13(18)17-12/h1-7,9,16H,8H2. The second-order valence-corrected chi connectivity index (χ2v) is 3.92. The van der Waals surface area contributed by atoms with Crippen molar-refractivity contribution in [2.75, 3.05) is 5.32 Å². The first kappa shape index (κ1) is 10.7. The van der Waals surface area contributed by atoms with Crippen molar-refractivity contribution in [3.8, 4) is 0 Å². The Bertz CT molecular complexity index is 627. The number of hydrogen-bond acceptors (Lipinski definition) is 3. The summed E-state index contributed by atoms with van der Waals surface area (Å²) in [6, 6.07) is 8.10. The van der Waals surface area contributed by atoms with Crippen LogP contribution >= 0.6 is 0 Å². The van der Waals surface area contributed by atoms with Gasteiger partial charge in [0.2, 0.25) is 5.78 Å². The average molecular weight is 242 g/mol. The van der Waals surface area contributed by atoms with Gasteiger partial charge in [-0.1, -0.05) is 0 Å². The van der Waals surface area contributed by atoms with E-state index in [9.17, 15) is 4.39 Å². The molecule has 18 heavy (non-hydrogen) atoms. The molecule has 5 heteroatoms. The lowest BCUT2D eigenvalue weighted by Crippen LogP contribution is -1.99. The minimum atomic E-state index is -0.238. The summed E-state index contributed by atoms with van der Waals surface area (Å²) in [6.45, 7) is 0.578. The Kier molecular flexibility index (Phi) is 2.64. The summed E-state index contributed by atoms with van der Waals surface area (Å²) in [6.07, 6.45) is 5.52. The molecule has 0 aliphatic carbocycles. The van der Waals surface area contributed by atoms with E-state index >= 15 is 0 Å². The molecule has 0 unspecified atom stereocenters. The Morgan fingerprint density at radius 1 is 1.22 bits per heavy atom. The van der Waals surface area contributed by atoms with E-state index in [1.807, 2.05) is 22.9 Å². The maximum atomic E-state index is 12.7. The third-order valence-corrected chi connectivity index (χ3v) is 2.60. The monoisotopic (exact) mass is 242 g/mol. The van der Waals surface area contributed by atoms with Gasteiger partial charge in [0, 0.05) is 24.3 Å². The Hall–Kier alpha value is -2.43. The van der Waals surface area contributed by atoms with Crippen molar-refractivity contribution >= 4 is 11.5 Å². The van der Waals surface area contributed by atoms with Crippen LogP contribution < -0.4 is 5.32 Å². The van der Waals surface area contributed by atoms with Crippen LogP contribution in [0.2, 0.25) is 0 Å². The molecule has 0 aliphatic heterocycles. The molecule has 90 valence electrons. The van der Waals surface area contributed by atoms with Crippen LogP contribution in [0.15, 0.2) is 48.9 Å². The summed E-state index contributed by atoms with van der Waals surface area (Å²) in [7, 11) is 0. The Labute approximate surface area is 103 Å². The minimum absolute atomic E-state index is 0.238. The van der Waals surface area contributed by atoms with E-state index in [1.54, 1.807) is 18.3 Å². The van der Waals surface area contributed by atoms with Crippen LogP contribution in [-0.4, -0.2) is 14.4 Å². The van der Waals surface area contributed by atoms with E-state index in [0.717, 1.165) is 11.4 Å². The van der Waals surface area contributed by atoms with Gasteiger partial charge in [0.1, 0.15) is 5.82 Å². The number of fused-ring (bicyclic) bond motifs is 1. The van der Waals surface area contributed by atoms with Crippen molar-refractivity contribution in [1.29, 1.82) is 0 Å². The molecule has 0 amide bonds. The van der Waals surface area contributed by atoms with Crippen LogP contribution in [-0.2, 0) is 6.54 Å². The molecule has 0 saturated carbocycles. The lowest BCUT2D eigenvalue weighted by molar-refractivity contribution is 0.628. The molecule has 0 saturated heterocycles. The van der Waals surface area contributed by atoms with Gasteiger partial charge in [-0.3, -0.25) is 4.40 Å². The first-order valence-corrected chi connectivity index (χ1v) is 5.59. The number of anilines is 1. The quantitative estimate of drug-likeness (QED) is 0.767. The Balaban J connectivity index is 1.74. The molecule has 1 N–H and O–H groups in total. The van der Waals surface area contributed by atoms with Gasteiger partial charge in [0.15, 0.2) is 0 Å². The van der Waals surface area contributed by atoms with E-state index < -0.39 is 0 Å². The molecule has 3 aromatic rings. The Morgan fingerprint density at radius 2 is 2.06 bits per heavy atom. The third-order valence-electron chi connectivity index (χ3n) is 2.60. The van der Waals surface area contributed by atoms with E-state index in [4.69, 9.17) is 0 Å². The fraction of sp³-hybridized carbons (Fsp3) is 0.0769. The van der Waals surface area contributed by atoms with Gasteiger partial charge in [-0.25, -0.2) is 14.4 Å². The van der Waals surface area contributed by atoms with Crippen LogP contribution in [0.1, 0.15) is 5.69 Å². The molecule has 0 spiro atoms. The SMILES string of the molecule is Fc1ccc(NCc2cn3cccnc3n2)cc1. The first-order chi connectivity index (χ1) is 8.81. The lowest BCUT2D eigenvalue weighted by Gasteiger charge is -2.03. The number of aromatic nitrogens is 3. The van der Waals surface area contributed by atoms with Gasteiger partial charge in [-0.2, -0.15) is 0 Å². The van der Waals surface area contributed by atoms with Crippen LogP contribution in [0, 0.1) is 5.82 Å².